The molecule has 1 aliphatic carbocycles. The van der Waals surface area contributed by atoms with Crippen LogP contribution in [0, 0.1) is 11.8 Å². The van der Waals surface area contributed by atoms with Gasteiger partial charge in [0, 0.05) is 19.2 Å². The molecular weight excluding hydrogens is 354 g/mol. The van der Waals surface area contributed by atoms with Gasteiger partial charge in [0.15, 0.2) is 4.67 Å². The summed E-state index contributed by atoms with van der Waals surface area (Å²) in [5.74, 6) is 1.70. The van der Waals surface area contributed by atoms with Crippen LogP contribution in [-0.4, -0.2) is 25.8 Å². The summed E-state index contributed by atoms with van der Waals surface area (Å²) in [6, 6.07) is 1.51. The number of hydrogen-bond acceptors (Lipinski definition) is 3. The molecule has 0 bridgehead atoms. The van der Waals surface area contributed by atoms with E-state index in [9.17, 15) is 8.42 Å². The van der Waals surface area contributed by atoms with Gasteiger partial charge in [-0.3, -0.25) is 0 Å². The number of fused-ring (bicyclic) bond motifs is 1. The molecule has 2 aliphatic rings. The Morgan fingerprint density at radius 1 is 1.37 bits per heavy atom. The molecule has 2 fully saturated rings. The molecule has 106 valence electrons. The molecule has 7 heteroatoms. The highest BCUT2D eigenvalue weighted by molar-refractivity contribution is 9.10. The van der Waals surface area contributed by atoms with Crippen LogP contribution in [-0.2, 0) is 15.9 Å². The van der Waals surface area contributed by atoms with E-state index in [1.54, 1.807) is 4.31 Å². The van der Waals surface area contributed by atoms with E-state index in [1.165, 1.54) is 12.5 Å². The van der Waals surface area contributed by atoms with E-state index in [1.807, 2.05) is 0 Å². The highest BCUT2D eigenvalue weighted by Gasteiger charge is 2.42. The predicted octanol–water partition coefficient (Wildman–Crippen LogP) is 3.20. The summed E-state index contributed by atoms with van der Waals surface area (Å²) in [6.07, 6.45) is 3.53. The standard InChI is InChI=1S/C12H15BrClNO3S/c13-12-11(4-10(5-14)18-12)19(16,17)15-6-8-2-1-3-9(8)7-15/h4,8-9H,1-3,5-7H2. The van der Waals surface area contributed by atoms with Gasteiger partial charge in [0.05, 0.1) is 5.88 Å². The first-order chi connectivity index (χ1) is 9.02. The van der Waals surface area contributed by atoms with Crippen LogP contribution in [0.4, 0.5) is 0 Å². The number of rotatable bonds is 3. The number of hydrogen-bond donors (Lipinski definition) is 0. The lowest BCUT2D eigenvalue weighted by molar-refractivity contribution is 0.441. The van der Waals surface area contributed by atoms with Gasteiger partial charge in [-0.05, 0) is 40.6 Å². The van der Waals surface area contributed by atoms with Crippen molar-refractivity contribution in [1.29, 1.82) is 0 Å². The average Bonchev–Trinajstić information content (AvgIpc) is 3.00. The van der Waals surface area contributed by atoms with Crippen molar-refractivity contribution in [2.75, 3.05) is 13.1 Å². The van der Waals surface area contributed by atoms with Gasteiger partial charge in [-0.1, -0.05) is 6.42 Å². The highest BCUT2D eigenvalue weighted by atomic mass is 79.9. The quantitative estimate of drug-likeness (QED) is 0.770. The second-order valence-corrected chi connectivity index (χ2v) is 8.15. The van der Waals surface area contributed by atoms with Gasteiger partial charge in [-0.25, -0.2) is 8.42 Å². The molecule has 2 unspecified atom stereocenters. The summed E-state index contributed by atoms with van der Waals surface area (Å²) >= 11 is 8.85. The predicted molar refractivity (Wildman–Crippen MR) is 75.6 cm³/mol. The molecule has 1 aromatic heterocycles. The third kappa shape index (κ3) is 2.37. The lowest BCUT2D eigenvalue weighted by atomic mass is 10.0. The number of sulfonamides is 1. The van der Waals surface area contributed by atoms with Crippen molar-refractivity contribution in [3.8, 4) is 0 Å². The van der Waals surface area contributed by atoms with E-state index in [-0.39, 0.29) is 15.4 Å². The number of nitrogens with zero attached hydrogens (tertiary/aromatic N) is 1. The minimum absolute atomic E-state index is 0.166. The van der Waals surface area contributed by atoms with Crippen LogP contribution in [0.5, 0.6) is 0 Å². The fraction of sp³-hybridized carbons (Fsp3) is 0.667. The van der Waals surface area contributed by atoms with E-state index in [0.717, 1.165) is 12.8 Å². The third-order valence-electron chi connectivity index (χ3n) is 4.15. The minimum Gasteiger partial charge on any atom is -0.452 e. The SMILES string of the molecule is O=S(=O)(c1cc(CCl)oc1Br)N1CC2CCCC2C1. The van der Waals surface area contributed by atoms with Crippen molar-refractivity contribution >= 4 is 37.6 Å². The summed E-state index contributed by atoms with van der Waals surface area (Å²) in [4.78, 5) is 0.197. The Labute approximate surface area is 126 Å². The summed E-state index contributed by atoms with van der Waals surface area (Å²) in [6.45, 7) is 1.28. The first-order valence-electron chi connectivity index (χ1n) is 6.36. The van der Waals surface area contributed by atoms with Gasteiger partial charge in [0.2, 0.25) is 10.0 Å². The zero-order valence-electron chi connectivity index (χ0n) is 10.3. The maximum absolute atomic E-state index is 12.6. The largest absolute Gasteiger partial charge is 0.452 e. The monoisotopic (exact) mass is 367 g/mol. The van der Waals surface area contributed by atoms with Crippen LogP contribution < -0.4 is 0 Å². The second-order valence-electron chi connectivity index (χ2n) is 5.26. The molecule has 2 atom stereocenters. The molecule has 1 saturated carbocycles. The Bertz CT molecular complexity index is 574. The summed E-state index contributed by atoms with van der Waals surface area (Å²) in [5.41, 5.74) is 0. The van der Waals surface area contributed by atoms with Crippen molar-refractivity contribution in [2.45, 2.75) is 30.0 Å². The molecule has 1 aliphatic heterocycles. The summed E-state index contributed by atoms with van der Waals surface area (Å²) in [7, 11) is -3.47. The van der Waals surface area contributed by atoms with Crippen molar-refractivity contribution in [3.05, 3.63) is 16.5 Å². The molecule has 4 nitrogen and oxygen atoms in total. The van der Waals surface area contributed by atoms with Crippen molar-refractivity contribution in [3.63, 3.8) is 0 Å². The molecule has 1 saturated heterocycles. The van der Waals surface area contributed by atoms with Crippen molar-refractivity contribution in [2.24, 2.45) is 11.8 Å². The normalized spacial score (nSPS) is 27.9. The van der Waals surface area contributed by atoms with Gasteiger partial charge >= 0.3 is 0 Å². The number of halogens is 2. The molecule has 0 amide bonds. The average molecular weight is 369 g/mol. The first kappa shape index (κ1) is 13.9. The molecule has 0 aromatic carbocycles. The molecule has 1 aromatic rings. The Morgan fingerprint density at radius 3 is 2.53 bits per heavy atom. The smallest absolute Gasteiger partial charge is 0.247 e. The maximum atomic E-state index is 12.6. The van der Waals surface area contributed by atoms with Gasteiger partial charge in [-0.15, -0.1) is 11.6 Å². The van der Waals surface area contributed by atoms with Crippen LogP contribution in [0.3, 0.4) is 0 Å². The first-order valence-corrected chi connectivity index (χ1v) is 9.13. The van der Waals surface area contributed by atoms with Crippen LogP contribution >= 0.6 is 27.5 Å². The molecule has 0 spiro atoms. The molecule has 0 radical (unpaired) electrons. The minimum atomic E-state index is -3.47. The summed E-state index contributed by atoms with van der Waals surface area (Å²) < 4.78 is 32.3. The Hall–Kier alpha value is -0.0400. The maximum Gasteiger partial charge on any atom is 0.247 e. The fourth-order valence-corrected chi connectivity index (χ4v) is 5.81. The molecular formula is C12H15BrClNO3S. The van der Waals surface area contributed by atoms with Crippen LogP contribution in [0.1, 0.15) is 25.0 Å². The van der Waals surface area contributed by atoms with Crippen LogP contribution in [0.15, 0.2) is 20.0 Å². The Kier molecular flexibility index (Phi) is 3.71. The third-order valence-corrected chi connectivity index (χ3v) is 7.10. The van der Waals surface area contributed by atoms with Gasteiger partial charge in [0.1, 0.15) is 10.7 Å². The second kappa shape index (κ2) is 5.06. The van der Waals surface area contributed by atoms with Crippen LogP contribution in [0.25, 0.3) is 0 Å². The Morgan fingerprint density at radius 2 is 2.00 bits per heavy atom. The number of alkyl halides is 1. The Balaban J connectivity index is 1.88. The molecule has 3 rings (SSSR count). The molecule has 0 N–H and O–H groups in total. The van der Waals surface area contributed by atoms with Crippen molar-refractivity contribution < 1.29 is 12.8 Å². The van der Waals surface area contributed by atoms with E-state index >= 15 is 0 Å². The van der Waals surface area contributed by atoms with Crippen LogP contribution in [0.2, 0.25) is 0 Å². The van der Waals surface area contributed by atoms with E-state index in [0.29, 0.717) is 30.7 Å². The van der Waals surface area contributed by atoms with Crippen molar-refractivity contribution in [1.82, 2.24) is 4.31 Å². The number of furan rings is 1. The fourth-order valence-electron chi connectivity index (χ4n) is 3.17. The van der Waals surface area contributed by atoms with E-state index in [4.69, 9.17) is 16.0 Å². The zero-order valence-corrected chi connectivity index (χ0v) is 13.5. The van der Waals surface area contributed by atoms with Gasteiger partial charge in [-0.2, -0.15) is 4.31 Å². The van der Waals surface area contributed by atoms with E-state index < -0.39 is 10.0 Å². The highest BCUT2D eigenvalue weighted by Crippen LogP contribution is 2.41. The summed E-state index contributed by atoms with van der Waals surface area (Å²) in [5, 5.41) is 0. The zero-order chi connectivity index (χ0) is 13.6. The topological polar surface area (TPSA) is 50.5 Å². The lowest BCUT2D eigenvalue weighted by Crippen LogP contribution is -2.29. The van der Waals surface area contributed by atoms with E-state index in [2.05, 4.69) is 15.9 Å². The van der Waals surface area contributed by atoms with Gasteiger partial charge < -0.3 is 4.42 Å². The molecule has 19 heavy (non-hydrogen) atoms. The van der Waals surface area contributed by atoms with Gasteiger partial charge in [0.25, 0.3) is 0 Å². The lowest BCUT2D eigenvalue weighted by Gasteiger charge is -2.16. The molecule has 2 heterocycles.